The molecule has 0 amide bonds. The molecule has 0 aromatic carbocycles. The van der Waals surface area contributed by atoms with Crippen LogP contribution >= 0.6 is 0 Å². The van der Waals surface area contributed by atoms with Gasteiger partial charge in [0.15, 0.2) is 0 Å². The molecule has 2 rings (SSSR count). The summed E-state index contributed by atoms with van der Waals surface area (Å²) in [4.78, 5) is 29.0. The van der Waals surface area contributed by atoms with Gasteiger partial charge < -0.3 is 15.2 Å². The van der Waals surface area contributed by atoms with Gasteiger partial charge in [-0.3, -0.25) is 4.79 Å². The van der Waals surface area contributed by atoms with Gasteiger partial charge in [0.2, 0.25) is 0 Å². The molecule has 0 radical (unpaired) electrons. The highest BCUT2D eigenvalue weighted by atomic mass is 16.4. The molecule has 2 aromatic rings. The van der Waals surface area contributed by atoms with E-state index in [-0.39, 0.29) is 22.9 Å². The molecular formula is C14H14N2O4. The van der Waals surface area contributed by atoms with Gasteiger partial charge in [0.25, 0.3) is 5.56 Å². The molecule has 0 aliphatic carbocycles. The Bertz CT molecular complexity index is 760. The van der Waals surface area contributed by atoms with Gasteiger partial charge in [0.05, 0.1) is 10.9 Å². The minimum absolute atomic E-state index is 0.114. The van der Waals surface area contributed by atoms with Gasteiger partial charge in [0, 0.05) is 12.3 Å². The number of hydrogen-bond acceptors (Lipinski definition) is 4. The number of hydrogen-bond donors (Lipinski definition) is 3. The van der Waals surface area contributed by atoms with Gasteiger partial charge in [-0.1, -0.05) is 13.8 Å². The van der Waals surface area contributed by atoms with Gasteiger partial charge in [-0.15, -0.1) is 0 Å². The van der Waals surface area contributed by atoms with E-state index >= 15 is 0 Å². The van der Waals surface area contributed by atoms with Crippen LogP contribution in [0.1, 0.15) is 30.9 Å². The van der Waals surface area contributed by atoms with Crippen LogP contribution in [-0.4, -0.2) is 26.2 Å². The smallest absolute Gasteiger partial charge is 0.328 e. The number of nitrogens with zero attached hydrogens (tertiary/aromatic N) is 1. The molecule has 0 aliphatic rings. The lowest BCUT2D eigenvalue weighted by atomic mass is 10.0. The number of aliphatic carboxylic acids is 1. The lowest BCUT2D eigenvalue weighted by molar-refractivity contribution is -0.131. The predicted octanol–water partition coefficient (Wildman–Crippen LogP) is 1.85. The molecule has 2 aromatic heterocycles. The lowest BCUT2D eigenvalue weighted by Gasteiger charge is -2.09. The van der Waals surface area contributed by atoms with Gasteiger partial charge in [0.1, 0.15) is 11.4 Å². The fourth-order valence-corrected chi connectivity index (χ4v) is 1.98. The summed E-state index contributed by atoms with van der Waals surface area (Å²) < 4.78 is 0. The first-order valence-corrected chi connectivity index (χ1v) is 6.06. The second-order valence-electron chi connectivity index (χ2n) is 4.71. The summed E-state index contributed by atoms with van der Waals surface area (Å²) in [6.45, 7) is 3.61. The number of aromatic hydroxyl groups is 1. The number of carboxylic acids is 1. The largest absolute Gasteiger partial charge is 0.507 e. The second-order valence-corrected chi connectivity index (χ2v) is 4.71. The molecule has 6 heteroatoms. The molecule has 6 nitrogen and oxygen atoms in total. The van der Waals surface area contributed by atoms with Crippen LogP contribution in [0.4, 0.5) is 0 Å². The fraction of sp³-hybridized carbons (Fsp3) is 0.214. The molecule has 2 heterocycles. The zero-order chi connectivity index (χ0) is 14.9. The van der Waals surface area contributed by atoms with Crippen molar-refractivity contribution in [3.05, 3.63) is 39.8 Å². The number of carboxylic acid groups (broad SMARTS) is 1. The Kier molecular flexibility index (Phi) is 3.56. The number of nitrogens with one attached hydrogen (secondary N) is 1. The zero-order valence-electron chi connectivity index (χ0n) is 11.0. The van der Waals surface area contributed by atoms with Crippen LogP contribution in [-0.2, 0) is 4.79 Å². The number of aromatic amines is 1. The summed E-state index contributed by atoms with van der Waals surface area (Å²) in [5.41, 5.74) is 0.714. The van der Waals surface area contributed by atoms with E-state index in [9.17, 15) is 14.7 Å². The number of carbonyl (C=O) groups is 1. The van der Waals surface area contributed by atoms with Crippen LogP contribution in [0, 0.1) is 0 Å². The van der Waals surface area contributed by atoms with Crippen molar-refractivity contribution in [2.45, 2.75) is 19.8 Å². The molecule has 0 atom stereocenters. The monoisotopic (exact) mass is 274 g/mol. The minimum atomic E-state index is -1.07. The Labute approximate surface area is 114 Å². The highest BCUT2D eigenvalue weighted by Crippen LogP contribution is 2.29. The van der Waals surface area contributed by atoms with E-state index in [0.29, 0.717) is 16.5 Å². The molecule has 0 aliphatic heterocycles. The fourth-order valence-electron chi connectivity index (χ4n) is 1.98. The number of pyridine rings is 2. The maximum Gasteiger partial charge on any atom is 0.328 e. The number of aromatic nitrogens is 2. The quantitative estimate of drug-likeness (QED) is 0.741. The van der Waals surface area contributed by atoms with E-state index in [0.717, 1.165) is 6.08 Å². The summed E-state index contributed by atoms with van der Waals surface area (Å²) >= 11 is 0. The lowest BCUT2D eigenvalue weighted by Crippen LogP contribution is -2.14. The van der Waals surface area contributed by atoms with E-state index in [1.54, 1.807) is 19.9 Å². The molecule has 104 valence electrons. The Morgan fingerprint density at radius 2 is 2.15 bits per heavy atom. The van der Waals surface area contributed by atoms with E-state index in [2.05, 4.69) is 9.97 Å². The van der Waals surface area contributed by atoms with Crippen LogP contribution in [0.15, 0.2) is 23.1 Å². The van der Waals surface area contributed by atoms with E-state index in [1.165, 1.54) is 12.3 Å². The first-order chi connectivity index (χ1) is 9.40. The average Bonchev–Trinajstić information content (AvgIpc) is 2.36. The van der Waals surface area contributed by atoms with Crippen molar-refractivity contribution in [1.29, 1.82) is 0 Å². The highest BCUT2D eigenvalue weighted by Gasteiger charge is 2.15. The van der Waals surface area contributed by atoms with Gasteiger partial charge in [-0.25, -0.2) is 9.78 Å². The Morgan fingerprint density at radius 3 is 2.75 bits per heavy atom. The normalized spacial score (nSPS) is 11.6. The van der Waals surface area contributed by atoms with E-state index in [4.69, 9.17) is 5.11 Å². The van der Waals surface area contributed by atoms with Crippen molar-refractivity contribution in [2.24, 2.45) is 0 Å². The van der Waals surface area contributed by atoms with Crippen LogP contribution in [0.2, 0.25) is 0 Å². The third kappa shape index (κ3) is 2.54. The van der Waals surface area contributed by atoms with Crippen molar-refractivity contribution in [3.63, 3.8) is 0 Å². The van der Waals surface area contributed by atoms with Crippen LogP contribution < -0.4 is 5.56 Å². The van der Waals surface area contributed by atoms with E-state index in [1.807, 2.05) is 0 Å². The first kappa shape index (κ1) is 13.8. The molecule has 0 spiro atoms. The maximum atomic E-state index is 11.8. The molecule has 20 heavy (non-hydrogen) atoms. The van der Waals surface area contributed by atoms with Crippen LogP contribution in [0.25, 0.3) is 17.1 Å². The van der Waals surface area contributed by atoms with Crippen molar-refractivity contribution < 1.29 is 15.0 Å². The Morgan fingerprint density at radius 1 is 1.45 bits per heavy atom. The number of fused-ring (bicyclic) bond motifs is 1. The topological polar surface area (TPSA) is 103 Å². The third-order valence-corrected chi connectivity index (χ3v) is 2.89. The molecule has 0 bridgehead atoms. The summed E-state index contributed by atoms with van der Waals surface area (Å²) in [6, 6.07) is 1.58. The standard InChI is InChI=1S/C14H14N2O4/c1-7(2)11-12(19)9-5-8(3-4-10(17)18)6-15-13(9)16-14(11)20/h3-7H,1-2H3,(H,17,18)(H2,15,16,19,20). The van der Waals surface area contributed by atoms with Crippen molar-refractivity contribution >= 4 is 23.1 Å². The van der Waals surface area contributed by atoms with Crippen molar-refractivity contribution in [1.82, 2.24) is 9.97 Å². The Balaban J connectivity index is 2.67. The van der Waals surface area contributed by atoms with Gasteiger partial charge >= 0.3 is 5.97 Å². The van der Waals surface area contributed by atoms with Crippen molar-refractivity contribution in [2.75, 3.05) is 0 Å². The van der Waals surface area contributed by atoms with Gasteiger partial charge in [-0.05, 0) is 23.6 Å². The highest BCUT2D eigenvalue weighted by molar-refractivity contribution is 5.88. The molecule has 0 saturated heterocycles. The second kappa shape index (κ2) is 5.16. The molecule has 0 unspecified atom stereocenters. The molecule has 0 fully saturated rings. The van der Waals surface area contributed by atoms with Gasteiger partial charge in [-0.2, -0.15) is 0 Å². The Hall–Kier alpha value is -2.63. The summed E-state index contributed by atoms with van der Waals surface area (Å²) in [7, 11) is 0. The minimum Gasteiger partial charge on any atom is -0.507 e. The van der Waals surface area contributed by atoms with Crippen LogP contribution in [0.3, 0.4) is 0 Å². The molecular weight excluding hydrogens is 260 g/mol. The zero-order valence-corrected chi connectivity index (χ0v) is 11.0. The summed E-state index contributed by atoms with van der Waals surface area (Å²) in [5.74, 6) is -1.32. The number of H-pyrrole nitrogens is 1. The van der Waals surface area contributed by atoms with E-state index < -0.39 is 5.97 Å². The SMILES string of the molecule is CC(C)c1c(O)c2cc(C=CC(=O)O)cnc2[nH]c1=O. The molecule has 0 saturated carbocycles. The number of rotatable bonds is 3. The summed E-state index contributed by atoms with van der Waals surface area (Å²) in [6.07, 6.45) is 3.77. The third-order valence-electron chi connectivity index (χ3n) is 2.89. The van der Waals surface area contributed by atoms with Crippen LogP contribution in [0.5, 0.6) is 5.75 Å². The molecule has 3 N–H and O–H groups in total. The van der Waals surface area contributed by atoms with Crippen molar-refractivity contribution in [3.8, 4) is 5.75 Å². The maximum absolute atomic E-state index is 11.8. The predicted molar refractivity (Wildman–Crippen MR) is 74.8 cm³/mol. The average molecular weight is 274 g/mol. The summed E-state index contributed by atoms with van der Waals surface area (Å²) in [5, 5.41) is 19.2. The first-order valence-electron chi connectivity index (χ1n) is 6.06.